The summed E-state index contributed by atoms with van der Waals surface area (Å²) in [7, 11) is 1.94. The molecule has 1 fully saturated rings. The van der Waals surface area contributed by atoms with Gasteiger partial charge in [-0.15, -0.1) is 24.0 Å². The molecule has 3 rings (SSSR count). The second-order valence-corrected chi connectivity index (χ2v) is 7.51. The fraction of sp³-hybridized carbons (Fsp3) is 0.474. The number of aliphatic imine (C=N–C) groups is 1. The first-order valence-electron chi connectivity index (χ1n) is 8.88. The molecule has 2 aromatic rings. The van der Waals surface area contributed by atoms with Crippen LogP contribution in [0, 0.1) is 0 Å². The van der Waals surface area contributed by atoms with Gasteiger partial charge in [0.05, 0.1) is 12.7 Å². The van der Waals surface area contributed by atoms with Gasteiger partial charge in [-0.1, -0.05) is 34.1 Å². The van der Waals surface area contributed by atoms with Crippen molar-refractivity contribution in [2.45, 2.75) is 31.6 Å². The van der Waals surface area contributed by atoms with Crippen molar-refractivity contribution in [3.63, 3.8) is 0 Å². The summed E-state index contributed by atoms with van der Waals surface area (Å²) >= 11 is 3.69. The fourth-order valence-electron chi connectivity index (χ4n) is 3.05. The molecular weight excluding hydrogens is 505 g/mol. The number of aryl methyl sites for hydroxylation is 1. The van der Waals surface area contributed by atoms with E-state index in [1.807, 2.05) is 17.9 Å². The highest BCUT2D eigenvalue weighted by Crippen LogP contribution is 2.50. The van der Waals surface area contributed by atoms with Gasteiger partial charge < -0.3 is 10.6 Å². The molecule has 0 saturated heterocycles. The van der Waals surface area contributed by atoms with Crippen molar-refractivity contribution in [3.8, 4) is 0 Å². The molecule has 1 aromatic heterocycles. The zero-order valence-corrected chi connectivity index (χ0v) is 19.3. The largest absolute Gasteiger partial charge is 0.357 e. The van der Waals surface area contributed by atoms with Gasteiger partial charge >= 0.3 is 0 Å². The van der Waals surface area contributed by atoms with Crippen LogP contribution in [0.3, 0.4) is 0 Å². The Balaban J connectivity index is 0.00000243. The van der Waals surface area contributed by atoms with E-state index in [9.17, 15) is 0 Å². The third kappa shape index (κ3) is 5.45. The Morgan fingerprint density at radius 2 is 2.08 bits per heavy atom. The zero-order valence-electron chi connectivity index (χ0n) is 15.3. The van der Waals surface area contributed by atoms with Gasteiger partial charge in [0.2, 0.25) is 0 Å². The molecule has 1 saturated carbocycles. The smallest absolute Gasteiger partial charge is 0.191 e. The van der Waals surface area contributed by atoms with E-state index < -0.39 is 0 Å². The van der Waals surface area contributed by atoms with Crippen LogP contribution in [0.1, 0.15) is 30.9 Å². The Bertz CT molecular complexity index is 739. The molecule has 1 aliphatic carbocycles. The van der Waals surface area contributed by atoms with Crippen molar-refractivity contribution in [1.29, 1.82) is 0 Å². The Morgan fingerprint density at radius 1 is 1.31 bits per heavy atom. The van der Waals surface area contributed by atoms with E-state index in [2.05, 4.69) is 69.0 Å². The van der Waals surface area contributed by atoms with Crippen LogP contribution in [0.5, 0.6) is 0 Å². The van der Waals surface area contributed by atoms with Crippen LogP contribution in [-0.4, -0.2) is 35.4 Å². The minimum absolute atomic E-state index is 0. The predicted octanol–water partition coefficient (Wildman–Crippen LogP) is 3.63. The summed E-state index contributed by atoms with van der Waals surface area (Å²) in [6, 6.07) is 8.52. The molecular formula is C19H27BrIN5. The average molecular weight is 532 g/mol. The van der Waals surface area contributed by atoms with Gasteiger partial charge in [-0.05, 0) is 43.4 Å². The van der Waals surface area contributed by atoms with Gasteiger partial charge in [-0.3, -0.25) is 9.67 Å². The van der Waals surface area contributed by atoms with Gasteiger partial charge in [-0.2, -0.15) is 5.10 Å². The third-order valence-corrected chi connectivity index (χ3v) is 5.34. The predicted molar refractivity (Wildman–Crippen MR) is 121 cm³/mol. The van der Waals surface area contributed by atoms with Crippen LogP contribution in [0.25, 0.3) is 0 Å². The Kier molecular flexibility index (Phi) is 7.94. The lowest BCUT2D eigenvalue weighted by Crippen LogP contribution is -2.39. The van der Waals surface area contributed by atoms with Gasteiger partial charge in [0.25, 0.3) is 0 Å². The van der Waals surface area contributed by atoms with Crippen LogP contribution in [0.4, 0.5) is 0 Å². The first-order chi connectivity index (χ1) is 12.1. The Labute approximate surface area is 181 Å². The van der Waals surface area contributed by atoms with Crippen molar-refractivity contribution in [2.24, 2.45) is 12.0 Å². The molecule has 7 heteroatoms. The third-order valence-electron chi connectivity index (χ3n) is 4.65. The molecule has 0 atom stereocenters. The van der Waals surface area contributed by atoms with Gasteiger partial charge in [-0.25, -0.2) is 0 Å². The summed E-state index contributed by atoms with van der Waals surface area (Å²) in [5.41, 5.74) is 2.81. The van der Waals surface area contributed by atoms with E-state index in [1.165, 1.54) is 28.4 Å². The lowest BCUT2D eigenvalue weighted by atomic mass is 9.96. The maximum Gasteiger partial charge on any atom is 0.191 e. The molecule has 5 nitrogen and oxygen atoms in total. The molecule has 0 unspecified atom stereocenters. The van der Waals surface area contributed by atoms with Crippen LogP contribution < -0.4 is 10.6 Å². The van der Waals surface area contributed by atoms with Gasteiger partial charge in [0.15, 0.2) is 5.96 Å². The molecule has 142 valence electrons. The number of guanidine groups is 1. The highest BCUT2D eigenvalue weighted by Gasteiger charge is 2.45. The quantitative estimate of drug-likeness (QED) is 0.326. The van der Waals surface area contributed by atoms with E-state index in [0.29, 0.717) is 0 Å². The lowest BCUT2D eigenvalue weighted by Gasteiger charge is -2.17. The number of nitrogens with zero attached hydrogens (tertiary/aromatic N) is 3. The molecule has 0 spiro atoms. The standard InChI is InChI=1S/C19H26BrN5.HI/c1-3-21-18(22-11-8-15-12-24-25(2)13-15)23-14-19(9-10-19)16-6-4-5-7-17(16)20;/h4-7,12-13H,3,8-11,14H2,1-2H3,(H2,21,22,23);1H. The van der Waals surface area contributed by atoms with Gasteiger partial charge in [0, 0.05) is 36.2 Å². The number of aromatic nitrogens is 2. The summed E-state index contributed by atoms with van der Waals surface area (Å²) in [6.45, 7) is 4.62. The Morgan fingerprint density at radius 3 is 2.69 bits per heavy atom. The summed E-state index contributed by atoms with van der Waals surface area (Å²) < 4.78 is 3.03. The second kappa shape index (κ2) is 9.73. The highest BCUT2D eigenvalue weighted by molar-refractivity contribution is 14.0. The van der Waals surface area contributed by atoms with Gasteiger partial charge in [0.1, 0.15) is 0 Å². The maximum absolute atomic E-state index is 4.85. The number of hydrogen-bond acceptors (Lipinski definition) is 2. The normalized spacial score (nSPS) is 15.3. The first kappa shape index (κ1) is 21.2. The topological polar surface area (TPSA) is 54.2 Å². The van der Waals surface area contributed by atoms with Crippen LogP contribution in [0.2, 0.25) is 0 Å². The number of rotatable bonds is 7. The molecule has 2 N–H and O–H groups in total. The highest BCUT2D eigenvalue weighted by atomic mass is 127. The van der Waals surface area contributed by atoms with E-state index in [4.69, 9.17) is 4.99 Å². The molecule has 1 heterocycles. The molecule has 0 amide bonds. The monoisotopic (exact) mass is 531 g/mol. The minimum Gasteiger partial charge on any atom is -0.357 e. The Hall–Kier alpha value is -1.09. The van der Waals surface area contributed by atoms with Crippen LogP contribution >= 0.6 is 39.9 Å². The number of hydrogen-bond donors (Lipinski definition) is 2. The molecule has 0 bridgehead atoms. The summed E-state index contributed by atoms with van der Waals surface area (Å²) in [5.74, 6) is 0.893. The van der Waals surface area contributed by atoms with E-state index >= 15 is 0 Å². The summed E-state index contributed by atoms with van der Waals surface area (Å²) in [5, 5.41) is 11.0. The molecule has 0 radical (unpaired) electrons. The maximum atomic E-state index is 4.85. The molecule has 1 aromatic carbocycles. The van der Waals surface area contributed by atoms with Crippen molar-refractivity contribution < 1.29 is 0 Å². The van der Waals surface area contributed by atoms with Crippen LogP contribution in [0.15, 0.2) is 46.1 Å². The SMILES string of the molecule is CCNC(=NCC1(c2ccccc2Br)CC1)NCCc1cnn(C)c1.I. The van der Waals surface area contributed by atoms with Crippen molar-refractivity contribution >= 4 is 45.9 Å². The molecule has 26 heavy (non-hydrogen) atoms. The van der Waals surface area contributed by atoms with Crippen molar-refractivity contribution in [1.82, 2.24) is 20.4 Å². The average Bonchev–Trinajstić information content (AvgIpc) is 3.28. The zero-order chi connectivity index (χ0) is 17.7. The lowest BCUT2D eigenvalue weighted by molar-refractivity contribution is 0.689. The van der Waals surface area contributed by atoms with E-state index in [-0.39, 0.29) is 29.4 Å². The molecule has 1 aliphatic rings. The van der Waals surface area contributed by atoms with Crippen molar-refractivity contribution in [2.75, 3.05) is 19.6 Å². The molecule has 0 aliphatic heterocycles. The van der Waals surface area contributed by atoms with Crippen molar-refractivity contribution in [3.05, 3.63) is 52.3 Å². The summed E-state index contributed by atoms with van der Waals surface area (Å²) in [4.78, 5) is 4.85. The number of benzene rings is 1. The van der Waals surface area contributed by atoms with E-state index in [0.717, 1.165) is 32.0 Å². The van der Waals surface area contributed by atoms with Crippen LogP contribution in [-0.2, 0) is 18.9 Å². The van der Waals surface area contributed by atoms with E-state index in [1.54, 1.807) is 0 Å². The fourth-order valence-corrected chi connectivity index (χ4v) is 3.76. The first-order valence-corrected chi connectivity index (χ1v) is 9.67. The second-order valence-electron chi connectivity index (χ2n) is 6.65. The number of nitrogens with one attached hydrogen (secondary N) is 2. The number of halogens is 2. The summed E-state index contributed by atoms with van der Waals surface area (Å²) in [6.07, 6.45) is 7.31. The minimum atomic E-state index is 0.